The number of anilines is 1. The van der Waals surface area contributed by atoms with Crippen molar-refractivity contribution in [2.75, 3.05) is 24.6 Å². The second kappa shape index (κ2) is 6.76. The first-order valence-electron chi connectivity index (χ1n) is 6.97. The van der Waals surface area contributed by atoms with E-state index in [4.69, 9.17) is 4.74 Å². The van der Waals surface area contributed by atoms with E-state index in [1.165, 1.54) is 11.3 Å². The molecule has 2 rings (SSSR count). The van der Waals surface area contributed by atoms with Crippen molar-refractivity contribution in [2.45, 2.75) is 19.8 Å². The van der Waals surface area contributed by atoms with E-state index in [0.29, 0.717) is 17.9 Å². The normalized spacial score (nSPS) is 15.8. The highest BCUT2D eigenvalue weighted by Gasteiger charge is 2.27. The first-order chi connectivity index (χ1) is 10.0. The molecule has 1 saturated heterocycles. The van der Waals surface area contributed by atoms with Gasteiger partial charge in [0.25, 0.3) is 0 Å². The number of piperidine rings is 1. The lowest BCUT2D eigenvalue weighted by atomic mass is 9.97. The van der Waals surface area contributed by atoms with Crippen LogP contribution in [-0.2, 0) is 9.53 Å². The molecule has 0 aliphatic carbocycles. The number of esters is 1. The molecule has 0 unspecified atom stereocenters. The van der Waals surface area contributed by atoms with E-state index in [9.17, 15) is 9.90 Å². The fraction of sp³-hybridized carbons (Fsp3) is 0.467. The number of nitrogens with zero attached hydrogens (tertiary/aromatic N) is 2. The highest BCUT2D eigenvalue weighted by atomic mass is 32.1. The Balaban J connectivity index is 1.95. The van der Waals surface area contributed by atoms with Gasteiger partial charge in [0, 0.05) is 24.0 Å². The van der Waals surface area contributed by atoms with Crippen LogP contribution in [0.5, 0.6) is 0 Å². The Hall–Kier alpha value is -1.82. The molecular weight excluding hydrogens is 288 g/mol. The van der Waals surface area contributed by atoms with Gasteiger partial charge in [0.1, 0.15) is 5.76 Å². The summed E-state index contributed by atoms with van der Waals surface area (Å²) in [4.78, 5) is 18.3. The van der Waals surface area contributed by atoms with Crippen LogP contribution in [0.3, 0.4) is 0 Å². The average molecular weight is 308 g/mol. The van der Waals surface area contributed by atoms with Crippen molar-refractivity contribution < 1.29 is 14.6 Å². The van der Waals surface area contributed by atoms with Crippen molar-refractivity contribution in [2.24, 2.45) is 5.92 Å². The number of aliphatic hydroxyl groups is 1. The Morgan fingerprint density at radius 1 is 1.52 bits per heavy atom. The standard InChI is InChI=1S/C15H20N2O3S/c1-4-20-14(19)12-5-7-17(8-6-12)15-16-13(9-21-15)10(2)11(3)18/h9,12,18H,2-8H2,1H3. The number of rotatable bonds is 5. The largest absolute Gasteiger partial charge is 0.508 e. The van der Waals surface area contributed by atoms with E-state index in [1.807, 2.05) is 12.3 Å². The Bertz CT molecular complexity index is 545. The van der Waals surface area contributed by atoms with E-state index in [2.05, 4.69) is 23.0 Å². The molecule has 0 aromatic carbocycles. The molecule has 114 valence electrons. The molecule has 0 amide bonds. The molecule has 1 aromatic rings. The minimum Gasteiger partial charge on any atom is -0.508 e. The first kappa shape index (κ1) is 15.6. The van der Waals surface area contributed by atoms with E-state index in [-0.39, 0.29) is 17.6 Å². The van der Waals surface area contributed by atoms with Gasteiger partial charge in [-0.25, -0.2) is 4.98 Å². The van der Waals surface area contributed by atoms with Crippen LogP contribution in [0.4, 0.5) is 5.13 Å². The first-order valence-corrected chi connectivity index (χ1v) is 7.85. The summed E-state index contributed by atoms with van der Waals surface area (Å²) in [6.07, 6.45) is 1.56. The van der Waals surface area contributed by atoms with Crippen LogP contribution >= 0.6 is 11.3 Å². The molecule has 21 heavy (non-hydrogen) atoms. The van der Waals surface area contributed by atoms with Crippen LogP contribution < -0.4 is 4.90 Å². The summed E-state index contributed by atoms with van der Waals surface area (Å²) in [5.41, 5.74) is 1.09. The summed E-state index contributed by atoms with van der Waals surface area (Å²) in [5, 5.41) is 12.1. The fourth-order valence-electron chi connectivity index (χ4n) is 2.26. The van der Waals surface area contributed by atoms with E-state index in [1.54, 1.807) is 0 Å². The second-order valence-electron chi connectivity index (χ2n) is 4.95. The molecule has 1 aliphatic heterocycles. The van der Waals surface area contributed by atoms with Crippen molar-refractivity contribution in [3.8, 4) is 0 Å². The van der Waals surface area contributed by atoms with Crippen LogP contribution in [0.2, 0.25) is 0 Å². The molecule has 0 saturated carbocycles. The van der Waals surface area contributed by atoms with Gasteiger partial charge >= 0.3 is 5.97 Å². The number of carbonyl (C=O) groups is 1. The number of allylic oxidation sites excluding steroid dienone is 1. The molecule has 2 heterocycles. The van der Waals surface area contributed by atoms with Gasteiger partial charge < -0.3 is 14.7 Å². The predicted octanol–water partition coefficient (Wildman–Crippen LogP) is 3.01. The maximum absolute atomic E-state index is 11.7. The van der Waals surface area contributed by atoms with Gasteiger partial charge in [-0.1, -0.05) is 13.2 Å². The monoisotopic (exact) mass is 308 g/mol. The van der Waals surface area contributed by atoms with Crippen molar-refractivity contribution in [3.05, 3.63) is 30.0 Å². The smallest absolute Gasteiger partial charge is 0.309 e. The number of hydrogen-bond acceptors (Lipinski definition) is 6. The van der Waals surface area contributed by atoms with Gasteiger partial charge in [0.2, 0.25) is 0 Å². The third kappa shape index (κ3) is 3.64. The minimum atomic E-state index is -0.0954. The zero-order chi connectivity index (χ0) is 15.4. The molecule has 1 aliphatic rings. The average Bonchev–Trinajstić information content (AvgIpc) is 2.96. The molecular formula is C15H20N2O3S. The highest BCUT2D eigenvalue weighted by Crippen LogP contribution is 2.29. The molecule has 1 aromatic heterocycles. The minimum absolute atomic E-state index is 0.00665. The SMILES string of the molecule is C=C(O)C(=C)c1csc(N2CCC(C(=O)OCC)CC2)n1. The Kier molecular flexibility index (Phi) is 5.01. The molecule has 0 bridgehead atoms. The number of hydrogen-bond donors (Lipinski definition) is 1. The summed E-state index contributed by atoms with van der Waals surface area (Å²) in [6, 6.07) is 0. The molecule has 0 radical (unpaired) electrons. The Morgan fingerprint density at radius 2 is 2.19 bits per heavy atom. The van der Waals surface area contributed by atoms with E-state index < -0.39 is 0 Å². The lowest BCUT2D eigenvalue weighted by molar-refractivity contribution is -0.148. The third-order valence-corrected chi connectivity index (χ3v) is 4.44. The number of aromatic nitrogens is 1. The highest BCUT2D eigenvalue weighted by molar-refractivity contribution is 7.13. The summed E-state index contributed by atoms with van der Waals surface area (Å²) in [5.74, 6) is -0.164. The lowest BCUT2D eigenvalue weighted by Crippen LogP contribution is -2.36. The molecule has 6 heteroatoms. The zero-order valence-electron chi connectivity index (χ0n) is 12.2. The molecule has 0 spiro atoms. The number of aliphatic hydroxyl groups excluding tert-OH is 1. The summed E-state index contributed by atoms with van der Waals surface area (Å²) < 4.78 is 5.06. The maximum Gasteiger partial charge on any atom is 0.309 e. The van der Waals surface area contributed by atoms with Crippen molar-refractivity contribution in [1.29, 1.82) is 0 Å². The Labute approximate surface area is 128 Å². The van der Waals surface area contributed by atoms with Gasteiger partial charge in [-0.15, -0.1) is 11.3 Å². The van der Waals surface area contributed by atoms with Crippen LogP contribution in [0.25, 0.3) is 5.57 Å². The lowest BCUT2D eigenvalue weighted by Gasteiger charge is -2.30. The van der Waals surface area contributed by atoms with E-state index >= 15 is 0 Å². The maximum atomic E-state index is 11.7. The van der Waals surface area contributed by atoms with Gasteiger partial charge in [0.15, 0.2) is 5.13 Å². The summed E-state index contributed by atoms with van der Waals surface area (Å²) >= 11 is 1.51. The topological polar surface area (TPSA) is 62.7 Å². The van der Waals surface area contributed by atoms with Gasteiger partial charge in [-0.05, 0) is 19.8 Å². The van der Waals surface area contributed by atoms with Crippen molar-refractivity contribution in [1.82, 2.24) is 4.98 Å². The second-order valence-corrected chi connectivity index (χ2v) is 5.79. The fourth-order valence-corrected chi connectivity index (χ4v) is 3.16. The number of carbonyl (C=O) groups excluding carboxylic acids is 1. The van der Waals surface area contributed by atoms with Crippen LogP contribution in [0.1, 0.15) is 25.5 Å². The van der Waals surface area contributed by atoms with Crippen molar-refractivity contribution >= 4 is 28.0 Å². The molecule has 1 fully saturated rings. The quantitative estimate of drug-likeness (QED) is 0.515. The summed E-state index contributed by atoms with van der Waals surface area (Å²) in [7, 11) is 0. The zero-order valence-corrected chi connectivity index (χ0v) is 13.0. The van der Waals surface area contributed by atoms with Crippen LogP contribution in [0, 0.1) is 5.92 Å². The molecule has 0 atom stereocenters. The van der Waals surface area contributed by atoms with Crippen LogP contribution in [-0.4, -0.2) is 35.8 Å². The summed E-state index contributed by atoms with van der Waals surface area (Å²) in [6.45, 7) is 11.0. The Morgan fingerprint density at radius 3 is 2.76 bits per heavy atom. The van der Waals surface area contributed by atoms with Gasteiger partial charge in [-0.3, -0.25) is 4.79 Å². The van der Waals surface area contributed by atoms with E-state index in [0.717, 1.165) is 31.1 Å². The van der Waals surface area contributed by atoms with Crippen molar-refractivity contribution in [3.63, 3.8) is 0 Å². The molecule has 1 N–H and O–H groups in total. The predicted molar refractivity (Wildman–Crippen MR) is 84.5 cm³/mol. The van der Waals surface area contributed by atoms with Gasteiger partial charge in [0.05, 0.1) is 18.2 Å². The number of ether oxygens (including phenoxy) is 1. The van der Waals surface area contributed by atoms with Crippen LogP contribution in [0.15, 0.2) is 24.3 Å². The molecule has 5 nitrogen and oxygen atoms in total. The number of thiazole rings is 1. The third-order valence-electron chi connectivity index (χ3n) is 3.54. The van der Waals surface area contributed by atoms with Gasteiger partial charge in [-0.2, -0.15) is 0 Å².